The van der Waals surface area contributed by atoms with E-state index in [9.17, 15) is 4.79 Å². The summed E-state index contributed by atoms with van der Waals surface area (Å²) in [5.74, 6) is 1.48. The van der Waals surface area contributed by atoms with Crippen molar-refractivity contribution in [3.05, 3.63) is 23.8 Å². The number of carbonyl (C=O) groups excluding carboxylic acids is 1. The molecule has 6 nitrogen and oxygen atoms in total. The SMILES string of the molecule is CCOCCCNC(=O)NC(C)c1ccc2c(c1)OCCO2. The molecule has 2 rings (SSSR count). The Morgan fingerprint density at radius 1 is 1.32 bits per heavy atom. The topological polar surface area (TPSA) is 68.8 Å². The lowest BCUT2D eigenvalue weighted by molar-refractivity contribution is 0.145. The number of carbonyl (C=O) groups is 1. The Kier molecular flexibility index (Phi) is 6.33. The molecule has 2 amide bonds. The van der Waals surface area contributed by atoms with Crippen LogP contribution in [0.3, 0.4) is 0 Å². The number of rotatable bonds is 7. The number of urea groups is 1. The predicted molar refractivity (Wildman–Crippen MR) is 83.5 cm³/mol. The third kappa shape index (κ3) is 4.80. The smallest absolute Gasteiger partial charge is 0.315 e. The standard InChI is InChI=1S/C16H24N2O4/c1-3-20-8-4-7-17-16(19)18-12(2)13-5-6-14-15(11-13)22-10-9-21-14/h5-6,11-12H,3-4,7-10H2,1-2H3,(H2,17,18,19). The van der Waals surface area contributed by atoms with Crippen LogP contribution in [0.5, 0.6) is 11.5 Å². The fourth-order valence-electron chi connectivity index (χ4n) is 2.18. The van der Waals surface area contributed by atoms with E-state index in [1.807, 2.05) is 32.0 Å². The average Bonchev–Trinajstić information content (AvgIpc) is 2.54. The van der Waals surface area contributed by atoms with Gasteiger partial charge in [0.1, 0.15) is 13.2 Å². The van der Waals surface area contributed by atoms with Crippen LogP contribution in [0.15, 0.2) is 18.2 Å². The zero-order chi connectivity index (χ0) is 15.8. The Labute approximate surface area is 131 Å². The van der Waals surface area contributed by atoms with Crippen LogP contribution in [-0.4, -0.2) is 39.0 Å². The largest absolute Gasteiger partial charge is 0.486 e. The van der Waals surface area contributed by atoms with Gasteiger partial charge in [0.2, 0.25) is 0 Å². The molecular formula is C16H24N2O4. The Balaban J connectivity index is 1.79. The van der Waals surface area contributed by atoms with Gasteiger partial charge in [-0.1, -0.05) is 6.07 Å². The molecule has 0 aliphatic carbocycles. The van der Waals surface area contributed by atoms with E-state index in [1.165, 1.54) is 0 Å². The molecule has 0 saturated heterocycles. The Bertz CT molecular complexity index is 493. The van der Waals surface area contributed by atoms with Crippen molar-refractivity contribution in [2.45, 2.75) is 26.3 Å². The van der Waals surface area contributed by atoms with Crippen molar-refractivity contribution in [3.63, 3.8) is 0 Å². The highest BCUT2D eigenvalue weighted by Gasteiger charge is 2.15. The van der Waals surface area contributed by atoms with Gasteiger partial charge in [-0.05, 0) is 38.0 Å². The van der Waals surface area contributed by atoms with Crippen LogP contribution < -0.4 is 20.1 Å². The van der Waals surface area contributed by atoms with Crippen LogP contribution in [0.4, 0.5) is 4.79 Å². The van der Waals surface area contributed by atoms with E-state index in [0.717, 1.165) is 23.5 Å². The summed E-state index contributed by atoms with van der Waals surface area (Å²) in [7, 11) is 0. The molecule has 22 heavy (non-hydrogen) atoms. The van der Waals surface area contributed by atoms with Crippen molar-refractivity contribution in [3.8, 4) is 11.5 Å². The molecule has 1 atom stereocenters. The van der Waals surface area contributed by atoms with E-state index < -0.39 is 0 Å². The molecule has 0 bridgehead atoms. The molecule has 1 aliphatic heterocycles. The molecule has 2 N–H and O–H groups in total. The highest BCUT2D eigenvalue weighted by Crippen LogP contribution is 2.32. The van der Waals surface area contributed by atoms with Gasteiger partial charge in [-0.2, -0.15) is 0 Å². The molecule has 1 unspecified atom stereocenters. The van der Waals surface area contributed by atoms with Gasteiger partial charge in [0.15, 0.2) is 11.5 Å². The fraction of sp³-hybridized carbons (Fsp3) is 0.562. The quantitative estimate of drug-likeness (QED) is 0.758. The summed E-state index contributed by atoms with van der Waals surface area (Å²) in [6.07, 6.45) is 0.805. The van der Waals surface area contributed by atoms with E-state index >= 15 is 0 Å². The van der Waals surface area contributed by atoms with Crippen molar-refractivity contribution in [1.82, 2.24) is 10.6 Å². The van der Waals surface area contributed by atoms with Crippen LogP contribution in [0.2, 0.25) is 0 Å². The Morgan fingerprint density at radius 2 is 2.09 bits per heavy atom. The second kappa shape index (κ2) is 8.48. The maximum Gasteiger partial charge on any atom is 0.315 e. The Hall–Kier alpha value is -1.95. The molecule has 0 spiro atoms. The first-order valence-corrected chi connectivity index (χ1v) is 7.72. The van der Waals surface area contributed by atoms with Crippen LogP contribution in [-0.2, 0) is 4.74 Å². The van der Waals surface area contributed by atoms with Crippen LogP contribution in [0.1, 0.15) is 31.9 Å². The Morgan fingerprint density at radius 3 is 2.86 bits per heavy atom. The minimum absolute atomic E-state index is 0.109. The van der Waals surface area contributed by atoms with E-state index in [4.69, 9.17) is 14.2 Å². The van der Waals surface area contributed by atoms with Crippen LogP contribution in [0.25, 0.3) is 0 Å². The van der Waals surface area contributed by atoms with Gasteiger partial charge in [0, 0.05) is 19.8 Å². The van der Waals surface area contributed by atoms with Crippen molar-refractivity contribution in [2.75, 3.05) is 33.0 Å². The van der Waals surface area contributed by atoms with E-state index in [0.29, 0.717) is 33.0 Å². The molecule has 1 aromatic rings. The summed E-state index contributed by atoms with van der Waals surface area (Å²) < 4.78 is 16.3. The zero-order valence-corrected chi connectivity index (χ0v) is 13.2. The number of ether oxygens (including phenoxy) is 3. The van der Waals surface area contributed by atoms with E-state index in [2.05, 4.69) is 10.6 Å². The first-order valence-electron chi connectivity index (χ1n) is 7.72. The second-order valence-corrected chi connectivity index (χ2v) is 5.08. The summed E-state index contributed by atoms with van der Waals surface area (Å²) in [6.45, 7) is 6.98. The molecule has 122 valence electrons. The number of nitrogens with one attached hydrogen (secondary N) is 2. The van der Waals surface area contributed by atoms with Crippen molar-refractivity contribution >= 4 is 6.03 Å². The molecule has 0 fully saturated rings. The third-order valence-electron chi connectivity index (χ3n) is 3.37. The fourth-order valence-corrected chi connectivity index (χ4v) is 2.18. The summed E-state index contributed by atoms with van der Waals surface area (Å²) in [5.41, 5.74) is 0.980. The van der Waals surface area contributed by atoms with Crippen molar-refractivity contribution in [1.29, 1.82) is 0 Å². The highest BCUT2D eigenvalue weighted by molar-refractivity contribution is 5.74. The molecule has 1 heterocycles. The summed E-state index contributed by atoms with van der Waals surface area (Å²) >= 11 is 0. The maximum atomic E-state index is 11.8. The van der Waals surface area contributed by atoms with E-state index in [1.54, 1.807) is 0 Å². The minimum atomic E-state index is -0.182. The minimum Gasteiger partial charge on any atom is -0.486 e. The van der Waals surface area contributed by atoms with Gasteiger partial charge in [-0.25, -0.2) is 4.79 Å². The van der Waals surface area contributed by atoms with Gasteiger partial charge in [0.05, 0.1) is 6.04 Å². The first kappa shape index (κ1) is 16.4. The normalized spacial score (nSPS) is 14.3. The first-order chi connectivity index (χ1) is 10.7. The lowest BCUT2D eigenvalue weighted by Gasteiger charge is -2.21. The number of benzene rings is 1. The molecule has 0 radical (unpaired) electrons. The van der Waals surface area contributed by atoms with Crippen molar-refractivity contribution in [2.24, 2.45) is 0 Å². The summed E-state index contributed by atoms with van der Waals surface area (Å²) in [4.78, 5) is 11.8. The molecule has 6 heteroatoms. The highest BCUT2D eigenvalue weighted by atomic mass is 16.6. The summed E-state index contributed by atoms with van der Waals surface area (Å²) in [6, 6.07) is 5.44. The predicted octanol–water partition coefficient (Wildman–Crippen LogP) is 2.24. The number of hydrogen-bond donors (Lipinski definition) is 2. The number of amides is 2. The average molecular weight is 308 g/mol. The molecule has 0 saturated carbocycles. The lowest BCUT2D eigenvalue weighted by atomic mass is 10.1. The third-order valence-corrected chi connectivity index (χ3v) is 3.37. The maximum absolute atomic E-state index is 11.8. The van der Waals surface area contributed by atoms with Gasteiger partial charge < -0.3 is 24.8 Å². The molecule has 1 aromatic carbocycles. The van der Waals surface area contributed by atoms with E-state index in [-0.39, 0.29) is 12.1 Å². The molecule has 1 aliphatic rings. The lowest BCUT2D eigenvalue weighted by Crippen LogP contribution is -2.37. The number of fused-ring (bicyclic) bond motifs is 1. The van der Waals surface area contributed by atoms with Crippen LogP contribution >= 0.6 is 0 Å². The number of hydrogen-bond acceptors (Lipinski definition) is 4. The molecular weight excluding hydrogens is 284 g/mol. The van der Waals surface area contributed by atoms with Gasteiger partial charge in [-0.15, -0.1) is 0 Å². The van der Waals surface area contributed by atoms with Crippen LogP contribution in [0, 0.1) is 0 Å². The van der Waals surface area contributed by atoms with Crippen molar-refractivity contribution < 1.29 is 19.0 Å². The monoisotopic (exact) mass is 308 g/mol. The zero-order valence-electron chi connectivity index (χ0n) is 13.2. The summed E-state index contributed by atoms with van der Waals surface area (Å²) in [5, 5.41) is 5.73. The second-order valence-electron chi connectivity index (χ2n) is 5.08. The molecule has 0 aromatic heterocycles. The van der Waals surface area contributed by atoms with Gasteiger partial charge >= 0.3 is 6.03 Å². The van der Waals surface area contributed by atoms with Gasteiger partial charge in [0.25, 0.3) is 0 Å². The van der Waals surface area contributed by atoms with Gasteiger partial charge in [-0.3, -0.25) is 0 Å².